The number of nitrogens with zero attached hydrogens (tertiary/aromatic N) is 2. The van der Waals surface area contributed by atoms with E-state index >= 15 is 0 Å². The molecule has 0 aliphatic rings. The highest BCUT2D eigenvalue weighted by molar-refractivity contribution is 6.09. The van der Waals surface area contributed by atoms with Crippen molar-refractivity contribution in [3.63, 3.8) is 0 Å². The Hall–Kier alpha value is -7.94. The summed E-state index contributed by atoms with van der Waals surface area (Å²) in [5.74, 6) is 0. The van der Waals surface area contributed by atoms with Crippen LogP contribution in [0.25, 0.3) is 121 Å². The third kappa shape index (κ3) is 5.97. The Labute approximate surface area is 347 Å². The zero-order valence-corrected chi connectivity index (χ0v) is 32.7. The van der Waals surface area contributed by atoms with Gasteiger partial charge in [-0.15, -0.1) is 0 Å². The molecule has 0 N–H and O–H groups in total. The summed E-state index contributed by atoms with van der Waals surface area (Å²) in [6.07, 6.45) is 0. The minimum atomic E-state index is 0.954. The molecule has 60 heavy (non-hydrogen) atoms. The fourth-order valence-electron chi connectivity index (χ4n) is 8.95. The molecule has 2 aromatic heterocycles. The first-order valence-corrected chi connectivity index (χ1v) is 20.5. The molecule has 2 nitrogen and oxygen atoms in total. The van der Waals surface area contributed by atoms with E-state index in [1.807, 2.05) is 0 Å². The van der Waals surface area contributed by atoms with E-state index < -0.39 is 0 Å². The van der Waals surface area contributed by atoms with Gasteiger partial charge in [-0.25, -0.2) is 9.97 Å². The first kappa shape index (κ1) is 34.1. The molecule has 0 spiro atoms. The number of fused-ring (bicyclic) bond motifs is 8. The van der Waals surface area contributed by atoms with Crippen molar-refractivity contribution in [1.82, 2.24) is 9.97 Å². The lowest BCUT2D eigenvalue weighted by atomic mass is 9.96. The number of hydrogen-bond donors (Lipinski definition) is 0. The summed E-state index contributed by atoms with van der Waals surface area (Å²) in [6, 6.07) is 78.9. The normalized spacial score (nSPS) is 11.7. The molecule has 2 heteroatoms. The quantitative estimate of drug-likeness (QED) is 0.163. The summed E-state index contributed by atoms with van der Waals surface area (Å²) in [5, 5.41) is 11.9. The van der Waals surface area contributed by atoms with Gasteiger partial charge < -0.3 is 0 Å². The standard InChI is InChI=1S/C58H36N2/c1-3-9-43-31-47(23-15-37(43)7-1)49-25-19-39-17-21-41-27-29-55(59-57(41)53(39)35-49)51-13-5-11-45(33-51)46-12-6-14-52(34-46)56-30-28-42-22-18-40-20-26-50(36-54(40)58(42)60-56)48-24-16-38-8-2-4-10-44(38)32-48/h1-36H. The lowest BCUT2D eigenvalue weighted by Gasteiger charge is -2.11. The highest BCUT2D eigenvalue weighted by atomic mass is 14.7. The summed E-state index contributed by atoms with van der Waals surface area (Å²) in [7, 11) is 0. The van der Waals surface area contributed by atoms with Crippen LogP contribution in [0.1, 0.15) is 0 Å². The minimum absolute atomic E-state index is 0.954. The Balaban J connectivity index is 0.897. The summed E-state index contributed by atoms with van der Waals surface area (Å²) >= 11 is 0. The maximum absolute atomic E-state index is 5.34. The number of benzene rings is 10. The molecule has 12 aromatic rings. The van der Waals surface area contributed by atoms with Crippen LogP contribution in [0.3, 0.4) is 0 Å². The maximum atomic E-state index is 5.34. The Kier molecular flexibility index (Phi) is 7.89. The van der Waals surface area contributed by atoms with Gasteiger partial charge in [0.25, 0.3) is 0 Å². The van der Waals surface area contributed by atoms with Crippen LogP contribution in [-0.4, -0.2) is 9.97 Å². The van der Waals surface area contributed by atoms with Gasteiger partial charge in [-0.05, 0) is 114 Å². The highest BCUT2D eigenvalue weighted by Crippen LogP contribution is 2.36. The van der Waals surface area contributed by atoms with Crippen molar-refractivity contribution in [1.29, 1.82) is 0 Å². The minimum Gasteiger partial charge on any atom is -0.247 e. The molecule has 2 heterocycles. The third-order valence-corrected chi connectivity index (χ3v) is 12.2. The monoisotopic (exact) mass is 760 g/mol. The van der Waals surface area contributed by atoms with Gasteiger partial charge in [0, 0.05) is 32.7 Å². The van der Waals surface area contributed by atoms with E-state index in [0.29, 0.717) is 0 Å². The van der Waals surface area contributed by atoms with E-state index in [0.717, 1.165) is 66.2 Å². The predicted octanol–water partition coefficient (Wildman–Crippen LogP) is 15.7. The highest BCUT2D eigenvalue weighted by Gasteiger charge is 2.12. The van der Waals surface area contributed by atoms with Crippen molar-refractivity contribution in [2.75, 3.05) is 0 Å². The van der Waals surface area contributed by atoms with Gasteiger partial charge in [-0.2, -0.15) is 0 Å². The van der Waals surface area contributed by atoms with Crippen LogP contribution in [0.15, 0.2) is 218 Å². The van der Waals surface area contributed by atoms with Gasteiger partial charge in [-0.3, -0.25) is 0 Å². The topological polar surface area (TPSA) is 25.8 Å². The molecular weight excluding hydrogens is 725 g/mol. The Morgan fingerprint density at radius 1 is 0.200 bits per heavy atom. The van der Waals surface area contributed by atoms with Gasteiger partial charge in [0.1, 0.15) is 0 Å². The average molecular weight is 761 g/mol. The second kappa shape index (κ2) is 13.9. The van der Waals surface area contributed by atoms with E-state index in [2.05, 4.69) is 218 Å². The van der Waals surface area contributed by atoms with E-state index in [-0.39, 0.29) is 0 Å². The van der Waals surface area contributed by atoms with Crippen molar-refractivity contribution < 1.29 is 0 Å². The van der Waals surface area contributed by atoms with Gasteiger partial charge in [0.2, 0.25) is 0 Å². The van der Waals surface area contributed by atoms with Crippen LogP contribution in [0.4, 0.5) is 0 Å². The van der Waals surface area contributed by atoms with Crippen LogP contribution in [0.2, 0.25) is 0 Å². The predicted molar refractivity (Wildman–Crippen MR) is 254 cm³/mol. The summed E-state index contributed by atoms with van der Waals surface area (Å²) < 4.78 is 0. The molecule has 0 bridgehead atoms. The maximum Gasteiger partial charge on any atom is 0.0788 e. The molecule has 0 aliphatic carbocycles. The SMILES string of the molecule is c1cc(-c2cccc(-c3ccc4ccc5ccc(-c6ccc7ccccc7c6)cc5c4n3)c2)cc(-c2ccc3ccc4ccc(-c5ccc6ccccc6c5)cc4c3n2)c1. The molecule has 0 atom stereocenters. The Bertz CT molecular complexity index is 3430. The van der Waals surface area contributed by atoms with Gasteiger partial charge in [0.15, 0.2) is 0 Å². The molecule has 0 saturated heterocycles. The molecule has 0 unspecified atom stereocenters. The second-order valence-corrected chi connectivity index (χ2v) is 15.8. The van der Waals surface area contributed by atoms with Gasteiger partial charge >= 0.3 is 0 Å². The summed E-state index contributed by atoms with van der Waals surface area (Å²) in [6.45, 7) is 0. The molecule has 0 aliphatic heterocycles. The zero-order chi connectivity index (χ0) is 39.6. The molecule has 0 fully saturated rings. The molecule has 10 aromatic carbocycles. The molecule has 0 radical (unpaired) electrons. The fourth-order valence-corrected chi connectivity index (χ4v) is 8.95. The molecule has 12 rings (SSSR count). The van der Waals surface area contributed by atoms with Crippen LogP contribution in [-0.2, 0) is 0 Å². The average Bonchev–Trinajstić information content (AvgIpc) is 3.33. The van der Waals surface area contributed by atoms with Crippen LogP contribution in [0, 0.1) is 0 Å². The summed E-state index contributed by atoms with van der Waals surface area (Å²) in [5.41, 5.74) is 13.2. The number of rotatable bonds is 5. The largest absolute Gasteiger partial charge is 0.247 e. The Morgan fingerprint density at radius 3 is 1.00 bits per heavy atom. The summed E-state index contributed by atoms with van der Waals surface area (Å²) in [4.78, 5) is 10.7. The van der Waals surface area contributed by atoms with E-state index in [1.54, 1.807) is 0 Å². The Morgan fingerprint density at radius 2 is 0.533 bits per heavy atom. The number of pyridine rings is 2. The van der Waals surface area contributed by atoms with E-state index in [9.17, 15) is 0 Å². The third-order valence-electron chi connectivity index (χ3n) is 12.2. The first-order valence-electron chi connectivity index (χ1n) is 20.5. The number of aromatic nitrogens is 2. The smallest absolute Gasteiger partial charge is 0.0788 e. The lowest BCUT2D eigenvalue weighted by molar-refractivity contribution is 1.40. The lowest BCUT2D eigenvalue weighted by Crippen LogP contribution is -1.90. The fraction of sp³-hybridized carbons (Fsp3) is 0. The molecular formula is C58H36N2. The number of hydrogen-bond acceptors (Lipinski definition) is 2. The van der Waals surface area contributed by atoms with Crippen LogP contribution >= 0.6 is 0 Å². The van der Waals surface area contributed by atoms with Crippen LogP contribution in [0.5, 0.6) is 0 Å². The van der Waals surface area contributed by atoms with Gasteiger partial charge in [0.05, 0.1) is 22.4 Å². The van der Waals surface area contributed by atoms with E-state index in [1.165, 1.54) is 54.6 Å². The molecule has 0 amide bonds. The van der Waals surface area contributed by atoms with Crippen molar-refractivity contribution in [3.05, 3.63) is 218 Å². The van der Waals surface area contributed by atoms with Crippen molar-refractivity contribution >= 4 is 64.9 Å². The van der Waals surface area contributed by atoms with Crippen molar-refractivity contribution in [2.45, 2.75) is 0 Å². The van der Waals surface area contributed by atoms with E-state index in [4.69, 9.17) is 9.97 Å². The molecule has 0 saturated carbocycles. The van der Waals surface area contributed by atoms with Crippen LogP contribution < -0.4 is 0 Å². The van der Waals surface area contributed by atoms with Crippen molar-refractivity contribution in [3.8, 4) is 55.9 Å². The van der Waals surface area contributed by atoms with Gasteiger partial charge in [-0.1, -0.05) is 170 Å². The first-order chi connectivity index (χ1) is 29.7. The van der Waals surface area contributed by atoms with Crippen molar-refractivity contribution in [2.24, 2.45) is 0 Å². The zero-order valence-electron chi connectivity index (χ0n) is 32.7. The molecule has 278 valence electrons. The second-order valence-electron chi connectivity index (χ2n) is 15.8.